The smallest absolute Gasteiger partial charge is 0.230 e. The van der Waals surface area contributed by atoms with Gasteiger partial charge in [0.2, 0.25) is 11.8 Å². The van der Waals surface area contributed by atoms with E-state index in [4.69, 9.17) is 5.73 Å². The number of hydrogen-bond acceptors (Lipinski definition) is 11. The van der Waals surface area contributed by atoms with Crippen LogP contribution in [0.15, 0.2) is 72.8 Å². The fourth-order valence-corrected chi connectivity index (χ4v) is 7.08. The third kappa shape index (κ3) is 9.57. The summed E-state index contributed by atoms with van der Waals surface area (Å²) in [6, 6.07) is 23.5. The molecule has 6 rings (SSSR count). The fraction of sp³-hybridized carbons (Fsp3) is 0.390. The number of anilines is 3. The number of amides is 2. The third-order valence-electron chi connectivity index (χ3n) is 10.2. The van der Waals surface area contributed by atoms with E-state index < -0.39 is 5.92 Å². The van der Waals surface area contributed by atoms with Gasteiger partial charge < -0.3 is 26.4 Å². The minimum atomic E-state index is -0.470. The second-order valence-electron chi connectivity index (χ2n) is 14.2. The van der Waals surface area contributed by atoms with Crippen molar-refractivity contribution in [3.8, 4) is 17.0 Å². The molecule has 0 aliphatic carbocycles. The van der Waals surface area contributed by atoms with Gasteiger partial charge in [-0.25, -0.2) is 0 Å². The number of nitrogens with two attached hydrogens (primary N) is 1. The van der Waals surface area contributed by atoms with E-state index in [2.05, 4.69) is 74.1 Å². The Morgan fingerprint density at radius 1 is 0.962 bits per heavy atom. The number of hydrogen-bond donors (Lipinski definition) is 5. The van der Waals surface area contributed by atoms with Crippen molar-refractivity contribution >= 4 is 34.8 Å². The lowest BCUT2D eigenvalue weighted by Crippen LogP contribution is -2.48. The van der Waals surface area contributed by atoms with Gasteiger partial charge in [-0.15, -0.1) is 10.2 Å². The number of aromatic hydroxyl groups is 1. The number of carbonyl (C=O) groups is 3. The Hall–Kier alpha value is -5.33. The molecule has 3 aromatic carbocycles. The molecule has 12 heteroatoms. The van der Waals surface area contributed by atoms with Crippen LogP contribution in [0.25, 0.3) is 11.3 Å². The van der Waals surface area contributed by atoms with Crippen LogP contribution in [0.3, 0.4) is 0 Å². The molecule has 278 valence electrons. The second-order valence-corrected chi connectivity index (χ2v) is 14.2. The molecule has 0 bridgehead atoms. The highest BCUT2D eigenvalue weighted by molar-refractivity contribution is 6.06. The van der Waals surface area contributed by atoms with Crippen LogP contribution in [-0.4, -0.2) is 83.6 Å². The summed E-state index contributed by atoms with van der Waals surface area (Å²) in [4.78, 5) is 42.6. The average molecular weight is 719 g/mol. The molecule has 2 aliphatic rings. The number of piperazine rings is 1. The molecular formula is C41H50N8O4. The van der Waals surface area contributed by atoms with Crippen molar-refractivity contribution in [1.82, 2.24) is 25.7 Å². The van der Waals surface area contributed by atoms with Crippen molar-refractivity contribution in [2.75, 3.05) is 61.8 Å². The Kier molecular flexibility index (Phi) is 12.3. The van der Waals surface area contributed by atoms with Crippen molar-refractivity contribution in [2.24, 2.45) is 5.92 Å². The van der Waals surface area contributed by atoms with E-state index in [0.29, 0.717) is 35.7 Å². The van der Waals surface area contributed by atoms with E-state index in [-0.39, 0.29) is 42.1 Å². The third-order valence-corrected chi connectivity index (χ3v) is 10.2. The summed E-state index contributed by atoms with van der Waals surface area (Å²) in [7, 11) is 0. The van der Waals surface area contributed by atoms with Crippen LogP contribution < -0.4 is 26.6 Å². The highest BCUT2D eigenvalue weighted by Crippen LogP contribution is 2.33. The molecule has 3 heterocycles. The van der Waals surface area contributed by atoms with Gasteiger partial charge in [-0.2, -0.15) is 0 Å². The zero-order valence-electron chi connectivity index (χ0n) is 30.6. The summed E-state index contributed by atoms with van der Waals surface area (Å²) in [6.07, 6.45) is 1.62. The van der Waals surface area contributed by atoms with Crippen LogP contribution in [0.4, 0.5) is 17.2 Å². The number of nitrogens with zero attached hydrogens (tertiary/aromatic N) is 4. The van der Waals surface area contributed by atoms with Crippen LogP contribution in [0.5, 0.6) is 5.75 Å². The number of aromatic nitrogens is 2. The summed E-state index contributed by atoms with van der Waals surface area (Å²) in [5.74, 6) is -0.476. The van der Waals surface area contributed by atoms with Crippen molar-refractivity contribution in [3.63, 3.8) is 0 Å². The first-order valence-electron chi connectivity index (χ1n) is 18.6. The van der Waals surface area contributed by atoms with Crippen molar-refractivity contribution in [1.29, 1.82) is 0 Å². The molecule has 1 atom stereocenters. The summed E-state index contributed by atoms with van der Waals surface area (Å²) in [5, 5.41) is 27.7. The minimum Gasteiger partial charge on any atom is -0.507 e. The lowest BCUT2D eigenvalue weighted by Gasteiger charge is -2.37. The molecule has 4 aromatic rings. The summed E-state index contributed by atoms with van der Waals surface area (Å²) in [6.45, 7) is 10.9. The zero-order valence-corrected chi connectivity index (χ0v) is 30.6. The number of nitrogens with one attached hydrogen (secondary N) is 3. The van der Waals surface area contributed by atoms with E-state index in [9.17, 15) is 19.5 Å². The molecule has 1 aromatic heterocycles. The van der Waals surface area contributed by atoms with Crippen molar-refractivity contribution in [3.05, 3.63) is 95.1 Å². The van der Waals surface area contributed by atoms with Crippen molar-refractivity contribution in [2.45, 2.75) is 52.0 Å². The Morgan fingerprint density at radius 2 is 1.72 bits per heavy atom. The molecule has 0 spiro atoms. The van der Waals surface area contributed by atoms with E-state index in [1.807, 2.05) is 30.3 Å². The number of ketones is 1. The number of carbonyl (C=O) groups excluding carboxylic acids is 3. The highest BCUT2D eigenvalue weighted by Gasteiger charge is 2.31. The number of piperidine rings is 1. The quantitative estimate of drug-likeness (QED) is 0.0655. The number of nitrogen functional groups attached to an aromatic ring is 1. The Balaban J connectivity index is 0.935. The molecule has 6 N–H and O–H groups in total. The van der Waals surface area contributed by atoms with Crippen LogP contribution >= 0.6 is 0 Å². The predicted molar refractivity (Wildman–Crippen MR) is 208 cm³/mol. The zero-order chi connectivity index (χ0) is 37.3. The summed E-state index contributed by atoms with van der Waals surface area (Å²) in [5.41, 5.74) is 13.0. The molecule has 12 nitrogen and oxygen atoms in total. The first-order valence-corrected chi connectivity index (χ1v) is 18.6. The molecule has 0 saturated carbocycles. The summed E-state index contributed by atoms with van der Waals surface area (Å²) >= 11 is 0. The fourth-order valence-electron chi connectivity index (χ4n) is 7.08. The van der Waals surface area contributed by atoms with Crippen LogP contribution in [-0.2, 0) is 22.6 Å². The molecule has 2 fully saturated rings. The first kappa shape index (κ1) is 37.4. The van der Waals surface area contributed by atoms with E-state index in [1.165, 1.54) is 11.1 Å². The van der Waals surface area contributed by atoms with Gasteiger partial charge in [0.1, 0.15) is 5.75 Å². The standard InChI is InChI=1S/C41H50N8O4/c1-27(2)31-7-5-8-35(39(31)37(51)24-30-14-15-38(52)45-41(30)53)49-22-20-48(21-23-49)19-18-43-26-29-12-10-28(11-13-29)16-17-44-34-25-33(46-47-40(34)42)32-6-3-4-9-36(32)50/h3-13,25,27,30,43,50H,14-24,26H2,1-2H3,(H2,42,47)(H,44,46)(H,45,52,53). The Morgan fingerprint density at radius 3 is 2.45 bits per heavy atom. The first-order chi connectivity index (χ1) is 25.7. The normalized spacial score (nSPS) is 16.5. The maximum Gasteiger partial charge on any atom is 0.230 e. The number of imide groups is 1. The maximum absolute atomic E-state index is 13.7. The van der Waals surface area contributed by atoms with Gasteiger partial charge in [-0.1, -0.05) is 62.4 Å². The predicted octanol–water partition coefficient (Wildman–Crippen LogP) is 4.75. The molecule has 2 aliphatic heterocycles. The number of para-hydroxylation sites is 1. The number of Topliss-reactive ketones (excluding diaryl/α,β-unsaturated/α-hetero) is 1. The molecule has 0 radical (unpaired) electrons. The Labute approximate surface area is 311 Å². The number of benzene rings is 3. The second kappa shape index (κ2) is 17.5. The SMILES string of the molecule is CC(C)c1cccc(N2CCN(CCNCc3ccc(CCNc4cc(-c5ccccc5O)nnc4N)cc3)CC2)c1C(=O)CC1CCC(=O)NC1=O. The molecule has 2 saturated heterocycles. The lowest BCUT2D eigenvalue weighted by atomic mass is 9.86. The molecule has 1 unspecified atom stereocenters. The van der Waals surface area contributed by atoms with E-state index in [1.54, 1.807) is 18.2 Å². The number of phenols is 1. The van der Waals surface area contributed by atoms with Crippen molar-refractivity contribution < 1.29 is 19.5 Å². The molecule has 53 heavy (non-hydrogen) atoms. The Bertz CT molecular complexity index is 1910. The molecular weight excluding hydrogens is 669 g/mol. The van der Waals surface area contributed by atoms with Gasteiger partial charge >= 0.3 is 0 Å². The largest absolute Gasteiger partial charge is 0.507 e. The average Bonchev–Trinajstić information content (AvgIpc) is 3.16. The van der Waals surface area contributed by atoms with Gasteiger partial charge in [0, 0.05) is 87.9 Å². The van der Waals surface area contributed by atoms with Gasteiger partial charge in [-0.05, 0) is 59.7 Å². The van der Waals surface area contributed by atoms with Gasteiger partial charge in [0.05, 0.1) is 11.4 Å². The lowest BCUT2D eigenvalue weighted by molar-refractivity contribution is -0.136. The van der Waals surface area contributed by atoms with Crippen LogP contribution in [0.2, 0.25) is 0 Å². The van der Waals surface area contributed by atoms with E-state index in [0.717, 1.165) is 69.0 Å². The topological polar surface area (TPSA) is 166 Å². The number of phenolic OH excluding ortho intramolecular Hbond substituents is 1. The maximum atomic E-state index is 13.7. The monoisotopic (exact) mass is 718 g/mol. The van der Waals surface area contributed by atoms with Gasteiger partial charge in [0.15, 0.2) is 11.6 Å². The summed E-state index contributed by atoms with van der Waals surface area (Å²) < 4.78 is 0. The minimum absolute atomic E-state index is 0.0250. The van der Waals surface area contributed by atoms with Crippen LogP contribution in [0, 0.1) is 5.92 Å². The highest BCUT2D eigenvalue weighted by atomic mass is 16.3. The van der Waals surface area contributed by atoms with Gasteiger partial charge in [-0.3, -0.25) is 24.6 Å². The van der Waals surface area contributed by atoms with E-state index >= 15 is 0 Å². The van der Waals surface area contributed by atoms with Crippen LogP contribution in [0.1, 0.15) is 66.1 Å². The van der Waals surface area contributed by atoms with Gasteiger partial charge in [0.25, 0.3) is 0 Å². The number of rotatable bonds is 15. The molecule has 2 amide bonds.